The highest BCUT2D eigenvalue weighted by Crippen LogP contribution is 2.28. The van der Waals surface area contributed by atoms with Gasteiger partial charge in [-0.05, 0) is 29.0 Å². The van der Waals surface area contributed by atoms with Crippen LogP contribution < -0.4 is 16.0 Å². The zero-order valence-corrected chi connectivity index (χ0v) is 30.6. The number of ether oxygens (including phenoxy) is 3. The average Bonchev–Trinajstić information content (AvgIpc) is 3.71. The predicted octanol–water partition coefficient (Wildman–Crippen LogP) is 2.48. The van der Waals surface area contributed by atoms with Crippen LogP contribution in [0.5, 0.6) is 0 Å². The number of aryl methyl sites for hydroxylation is 1. The molecule has 4 amide bonds. The topological polar surface area (TPSA) is 217 Å². The van der Waals surface area contributed by atoms with E-state index >= 15 is 0 Å². The van der Waals surface area contributed by atoms with Gasteiger partial charge >= 0.3 is 0 Å². The second kappa shape index (κ2) is 21.3. The average molecular weight is 731 g/mol. The molecule has 1 fully saturated rings. The number of aliphatic hydroxyl groups excluding tert-OH is 1. The Morgan fingerprint density at radius 3 is 2.29 bits per heavy atom. The number of aromatic nitrogens is 1. The zero-order valence-electron chi connectivity index (χ0n) is 29.8. The summed E-state index contributed by atoms with van der Waals surface area (Å²) in [6, 6.07) is 5.92. The lowest BCUT2D eigenvalue weighted by Crippen LogP contribution is -2.57. The Labute approximate surface area is 302 Å². The lowest BCUT2D eigenvalue weighted by molar-refractivity contribution is -0.144. The van der Waals surface area contributed by atoms with E-state index in [-0.39, 0.29) is 63.9 Å². The quantitative estimate of drug-likeness (QED) is 0.0641. The van der Waals surface area contributed by atoms with Crippen LogP contribution >= 0.6 is 11.3 Å². The van der Waals surface area contributed by atoms with Crippen molar-refractivity contribution >= 4 is 35.0 Å². The van der Waals surface area contributed by atoms with Crippen LogP contribution in [0, 0.1) is 12.3 Å². The maximum Gasteiger partial charge on any atom is 0.246 e. The van der Waals surface area contributed by atoms with E-state index in [0.717, 1.165) is 21.7 Å². The molecule has 1 aromatic carbocycles. The number of benzene rings is 1. The first-order valence-electron chi connectivity index (χ1n) is 17.0. The number of rotatable bonds is 21. The monoisotopic (exact) mass is 730 g/mol. The molecule has 3 unspecified atom stereocenters. The Morgan fingerprint density at radius 2 is 1.67 bits per heavy atom. The molecule has 1 aliphatic heterocycles. The van der Waals surface area contributed by atoms with Gasteiger partial charge in [0.1, 0.15) is 12.1 Å². The number of azide groups is 1. The molecule has 2 aromatic rings. The van der Waals surface area contributed by atoms with Crippen molar-refractivity contribution < 1.29 is 38.5 Å². The molecule has 0 aliphatic carbocycles. The van der Waals surface area contributed by atoms with Crippen molar-refractivity contribution in [2.24, 2.45) is 10.5 Å². The van der Waals surface area contributed by atoms with Gasteiger partial charge in [0.25, 0.3) is 0 Å². The molecule has 280 valence electrons. The van der Waals surface area contributed by atoms with E-state index in [2.05, 4.69) is 31.0 Å². The number of thiazole rings is 1. The van der Waals surface area contributed by atoms with E-state index in [0.29, 0.717) is 33.0 Å². The summed E-state index contributed by atoms with van der Waals surface area (Å²) in [5, 5.41) is 22.2. The minimum Gasteiger partial charge on any atom is -0.391 e. The van der Waals surface area contributed by atoms with Gasteiger partial charge < -0.3 is 40.2 Å². The second-order valence-electron chi connectivity index (χ2n) is 13.1. The van der Waals surface area contributed by atoms with Crippen molar-refractivity contribution in [1.82, 2.24) is 25.8 Å². The largest absolute Gasteiger partial charge is 0.391 e. The van der Waals surface area contributed by atoms with Crippen LogP contribution in [0.3, 0.4) is 0 Å². The first-order chi connectivity index (χ1) is 24.4. The zero-order chi connectivity index (χ0) is 37.2. The highest BCUT2D eigenvalue weighted by Gasteiger charge is 2.44. The van der Waals surface area contributed by atoms with Crippen LogP contribution in [0.25, 0.3) is 20.9 Å². The van der Waals surface area contributed by atoms with Gasteiger partial charge in [0.15, 0.2) is 0 Å². The first-order valence-corrected chi connectivity index (χ1v) is 17.8. The van der Waals surface area contributed by atoms with E-state index < -0.39 is 35.4 Å². The van der Waals surface area contributed by atoms with Crippen LogP contribution in [-0.4, -0.2) is 116 Å². The molecule has 1 saturated heterocycles. The molecule has 51 heavy (non-hydrogen) atoms. The van der Waals surface area contributed by atoms with E-state index in [4.69, 9.17) is 19.7 Å². The van der Waals surface area contributed by atoms with E-state index in [9.17, 15) is 24.3 Å². The van der Waals surface area contributed by atoms with Gasteiger partial charge in [0.05, 0.1) is 61.8 Å². The maximum atomic E-state index is 13.8. The van der Waals surface area contributed by atoms with Gasteiger partial charge in [-0.3, -0.25) is 19.2 Å². The molecule has 1 aromatic heterocycles. The first kappa shape index (κ1) is 41.3. The second-order valence-corrected chi connectivity index (χ2v) is 13.9. The summed E-state index contributed by atoms with van der Waals surface area (Å²) in [5.41, 5.74) is 12.2. The molecule has 3 rings (SSSR count). The van der Waals surface area contributed by atoms with Gasteiger partial charge in [-0.25, -0.2) is 4.98 Å². The number of hydrogen-bond acceptors (Lipinski definition) is 11. The van der Waals surface area contributed by atoms with Crippen molar-refractivity contribution in [2.45, 2.75) is 71.7 Å². The summed E-state index contributed by atoms with van der Waals surface area (Å²) in [4.78, 5) is 61.7. The molecular formula is C34H50N8O8S. The fraction of sp³-hybridized carbons (Fsp3) is 0.618. The molecule has 17 heteroatoms. The van der Waals surface area contributed by atoms with Gasteiger partial charge in [0.2, 0.25) is 23.6 Å². The fourth-order valence-electron chi connectivity index (χ4n) is 5.28. The number of nitrogens with one attached hydrogen (secondary N) is 3. The Morgan fingerprint density at radius 1 is 1.02 bits per heavy atom. The molecule has 3 atom stereocenters. The molecule has 4 N–H and O–H groups in total. The minimum atomic E-state index is -0.990. The summed E-state index contributed by atoms with van der Waals surface area (Å²) in [5.74, 6) is -1.68. The Balaban J connectivity index is 1.39. The van der Waals surface area contributed by atoms with Crippen molar-refractivity contribution in [1.29, 1.82) is 0 Å². The summed E-state index contributed by atoms with van der Waals surface area (Å²) in [6.07, 6.45) is -1.03. The van der Waals surface area contributed by atoms with Crippen LogP contribution in [-0.2, 0) is 39.9 Å². The highest BCUT2D eigenvalue weighted by molar-refractivity contribution is 7.13. The summed E-state index contributed by atoms with van der Waals surface area (Å²) in [6.45, 7) is 10.1. The van der Waals surface area contributed by atoms with E-state index in [1.54, 1.807) is 37.6 Å². The van der Waals surface area contributed by atoms with Gasteiger partial charge in [-0.15, -0.1) is 11.3 Å². The van der Waals surface area contributed by atoms with Gasteiger partial charge in [-0.2, -0.15) is 0 Å². The number of nitrogens with zero attached hydrogens (tertiary/aromatic N) is 5. The third kappa shape index (κ3) is 14.2. The smallest absolute Gasteiger partial charge is 0.246 e. The number of amides is 4. The fourth-order valence-corrected chi connectivity index (χ4v) is 6.10. The number of hydrogen-bond donors (Lipinski definition) is 4. The molecule has 1 aliphatic rings. The lowest BCUT2D eigenvalue weighted by Gasteiger charge is -2.35. The van der Waals surface area contributed by atoms with E-state index in [1.807, 2.05) is 31.2 Å². The van der Waals surface area contributed by atoms with E-state index in [1.165, 1.54) is 4.90 Å². The van der Waals surface area contributed by atoms with Crippen molar-refractivity contribution in [3.05, 3.63) is 51.5 Å². The predicted molar refractivity (Wildman–Crippen MR) is 190 cm³/mol. The molecule has 0 saturated carbocycles. The van der Waals surface area contributed by atoms with Crippen LogP contribution in [0.15, 0.2) is 34.9 Å². The third-order valence-electron chi connectivity index (χ3n) is 8.00. The van der Waals surface area contributed by atoms with Crippen molar-refractivity contribution in [3.63, 3.8) is 0 Å². The molecule has 0 bridgehead atoms. The Bertz CT molecular complexity index is 1480. The number of carbonyl (C=O) groups excluding carboxylic acids is 4. The van der Waals surface area contributed by atoms with Crippen molar-refractivity contribution in [3.8, 4) is 10.4 Å². The summed E-state index contributed by atoms with van der Waals surface area (Å²) in [7, 11) is 0. The molecule has 16 nitrogen and oxygen atoms in total. The highest BCUT2D eigenvalue weighted by atomic mass is 32.1. The van der Waals surface area contributed by atoms with Crippen LogP contribution in [0.4, 0.5) is 0 Å². The SMILES string of the molecule is Cc1ncsc1-c1ccc(CNC(=O)C2CC(O)CN2C(=O)C(NC(=O)CCC(=O)NCCOCCOCCOCCN=[N+]=[N-])C(C)(C)C)cc1. The normalized spacial score (nSPS) is 16.3. The Hall–Kier alpha value is -4.12. The molecule has 0 spiro atoms. The number of β-amino-alcohol motifs (C(OH)–C–C–N with tert-alkyl or cyclic N) is 1. The number of likely N-dealkylation sites (tertiary alicyclic amines) is 1. The van der Waals surface area contributed by atoms with Gasteiger partial charge in [-0.1, -0.05) is 50.2 Å². The van der Waals surface area contributed by atoms with Gasteiger partial charge in [0, 0.05) is 50.4 Å². The van der Waals surface area contributed by atoms with Crippen LogP contribution in [0.1, 0.15) is 51.3 Å². The van der Waals surface area contributed by atoms with Crippen LogP contribution in [0.2, 0.25) is 0 Å². The number of carbonyl (C=O) groups is 4. The molecular weight excluding hydrogens is 680 g/mol. The standard InChI is InChI=1S/C34H50N8O8S/c1-23-30(51-22-38-23)25-7-5-24(6-8-25)20-37-32(46)27-19-26(43)21-42(27)33(47)31(34(2,3)4)40-29(45)10-9-28(44)36-11-13-48-15-17-50-18-16-49-14-12-39-41-35/h5-8,22,26-27,31,43H,9-21H2,1-4H3,(H,36,44)(H,37,46)(H,40,45). The van der Waals surface area contributed by atoms with Crippen molar-refractivity contribution in [2.75, 3.05) is 59.3 Å². The minimum absolute atomic E-state index is 0.0343. The molecule has 0 radical (unpaired) electrons. The Kier molecular flexibility index (Phi) is 17.2. The summed E-state index contributed by atoms with van der Waals surface area (Å²) < 4.78 is 16.0. The maximum absolute atomic E-state index is 13.8. The summed E-state index contributed by atoms with van der Waals surface area (Å²) >= 11 is 1.56. The lowest BCUT2D eigenvalue weighted by atomic mass is 9.85. The molecule has 2 heterocycles. The number of aliphatic hydroxyl groups is 1. The third-order valence-corrected chi connectivity index (χ3v) is 8.98.